The Hall–Kier alpha value is -2.72. The zero-order valence-electron chi connectivity index (χ0n) is 17.0. The van der Waals surface area contributed by atoms with Crippen LogP contribution >= 0.6 is 0 Å². The predicted octanol–water partition coefficient (Wildman–Crippen LogP) is 1.71. The van der Waals surface area contributed by atoms with Crippen LogP contribution in [0.25, 0.3) is 11.0 Å². The summed E-state index contributed by atoms with van der Waals surface area (Å²) < 4.78 is 25.7. The Labute approximate surface area is 170 Å². The maximum atomic E-state index is 12.3. The van der Waals surface area contributed by atoms with Gasteiger partial charge in [-0.1, -0.05) is 0 Å². The highest BCUT2D eigenvalue weighted by Crippen LogP contribution is 2.34. The minimum absolute atomic E-state index is 0.164. The number of aromatic nitrogens is 4. The van der Waals surface area contributed by atoms with Crippen LogP contribution in [0.5, 0.6) is 0 Å². The van der Waals surface area contributed by atoms with Crippen LogP contribution in [-0.2, 0) is 10.0 Å². The number of hydrogen-bond acceptors (Lipinski definition) is 7. The van der Waals surface area contributed by atoms with Gasteiger partial charge in [0.25, 0.3) is 0 Å². The topological polar surface area (TPSA) is 98.3 Å². The number of nitrogens with zero attached hydrogens (tertiary/aromatic N) is 6. The molecule has 0 bridgehead atoms. The highest BCUT2D eigenvalue weighted by molar-refractivity contribution is 7.89. The van der Waals surface area contributed by atoms with Crippen molar-refractivity contribution >= 4 is 32.7 Å². The number of fused-ring (bicyclic) bond motifs is 1. The van der Waals surface area contributed by atoms with Crippen LogP contribution in [0.15, 0.2) is 41.8 Å². The molecular formula is C19H25N7O2S. The van der Waals surface area contributed by atoms with E-state index in [1.165, 1.54) is 24.6 Å². The first-order chi connectivity index (χ1) is 13.7. The quantitative estimate of drug-likeness (QED) is 0.677. The first kappa shape index (κ1) is 19.6. The molecule has 0 aliphatic carbocycles. The van der Waals surface area contributed by atoms with Crippen molar-refractivity contribution in [2.24, 2.45) is 0 Å². The summed E-state index contributed by atoms with van der Waals surface area (Å²) in [5.74, 6) is 1.66. The number of pyridine rings is 1. The molecule has 4 rings (SSSR count). The number of nitrogens with one attached hydrogen (secondary N) is 1. The molecule has 0 radical (unpaired) electrons. The molecule has 1 aliphatic rings. The molecular weight excluding hydrogens is 390 g/mol. The fourth-order valence-corrected chi connectivity index (χ4v) is 4.57. The second kappa shape index (κ2) is 6.96. The van der Waals surface area contributed by atoms with E-state index >= 15 is 0 Å². The van der Waals surface area contributed by atoms with Crippen LogP contribution in [0.3, 0.4) is 0 Å². The molecule has 1 N–H and O–H groups in total. The molecule has 1 saturated heterocycles. The molecule has 0 spiro atoms. The summed E-state index contributed by atoms with van der Waals surface area (Å²) in [7, 11) is 1.54. The summed E-state index contributed by atoms with van der Waals surface area (Å²) >= 11 is 0. The van der Waals surface area contributed by atoms with Crippen molar-refractivity contribution in [3.63, 3.8) is 0 Å². The van der Waals surface area contributed by atoms with Gasteiger partial charge in [0.2, 0.25) is 10.0 Å². The van der Waals surface area contributed by atoms with Gasteiger partial charge in [-0.25, -0.2) is 27.7 Å². The molecule has 29 heavy (non-hydrogen) atoms. The summed E-state index contributed by atoms with van der Waals surface area (Å²) in [6.45, 7) is 3.83. The van der Waals surface area contributed by atoms with Crippen LogP contribution in [0.4, 0.5) is 11.6 Å². The average molecular weight is 416 g/mol. The fraction of sp³-hybridized carbons (Fsp3) is 0.421. The van der Waals surface area contributed by atoms with Gasteiger partial charge in [-0.05, 0) is 31.5 Å². The minimum atomic E-state index is -3.49. The lowest BCUT2D eigenvalue weighted by Crippen LogP contribution is -2.46. The van der Waals surface area contributed by atoms with Gasteiger partial charge in [-0.2, -0.15) is 0 Å². The molecule has 1 aliphatic heterocycles. The lowest BCUT2D eigenvalue weighted by atomic mass is 9.99. The number of likely N-dealkylation sites (N-methyl/N-ethyl adjacent to an activating group) is 1. The first-order valence-electron chi connectivity index (χ1n) is 9.38. The molecule has 3 aromatic rings. The van der Waals surface area contributed by atoms with Crippen LogP contribution in [-0.4, -0.2) is 72.4 Å². The lowest BCUT2D eigenvalue weighted by Gasteiger charge is -2.36. The highest BCUT2D eigenvalue weighted by atomic mass is 32.2. The van der Waals surface area contributed by atoms with Gasteiger partial charge in [0.15, 0.2) is 0 Å². The Morgan fingerprint density at radius 3 is 2.62 bits per heavy atom. The van der Waals surface area contributed by atoms with E-state index in [0.717, 1.165) is 42.2 Å². The monoisotopic (exact) mass is 415 g/mol. The molecule has 0 amide bonds. The van der Waals surface area contributed by atoms with Crippen molar-refractivity contribution in [2.45, 2.75) is 23.8 Å². The first-order valence-corrected chi connectivity index (χ1v) is 10.8. The SMILES string of the molecule is CN(c1ccc(S(=O)(=O)N(C)C)cn1)C1(C)CCN(c2ncnc3[nH]ccc23)C1. The summed E-state index contributed by atoms with van der Waals surface area (Å²) in [5, 5.41) is 1.01. The van der Waals surface area contributed by atoms with Crippen molar-refractivity contribution < 1.29 is 8.42 Å². The predicted molar refractivity (Wildman–Crippen MR) is 113 cm³/mol. The average Bonchev–Trinajstić information content (AvgIpc) is 3.34. The lowest BCUT2D eigenvalue weighted by molar-refractivity contribution is 0.486. The third kappa shape index (κ3) is 3.32. The third-order valence-electron chi connectivity index (χ3n) is 5.74. The van der Waals surface area contributed by atoms with Gasteiger partial charge >= 0.3 is 0 Å². The second-order valence-electron chi connectivity index (χ2n) is 7.80. The van der Waals surface area contributed by atoms with Crippen LogP contribution in [0.2, 0.25) is 0 Å². The molecule has 3 aromatic heterocycles. The van der Waals surface area contributed by atoms with Crippen molar-refractivity contribution in [1.82, 2.24) is 24.2 Å². The van der Waals surface area contributed by atoms with Crippen LogP contribution < -0.4 is 9.80 Å². The standard InChI is InChI=1S/C19H25N7O2S/c1-19(25(4)16-6-5-14(11-21-16)29(27,28)24(2)3)8-10-26(12-19)18-15-7-9-20-17(15)22-13-23-18/h5-7,9,11,13H,8,10,12H2,1-4H3,(H,20,22,23). The Kier molecular flexibility index (Phi) is 4.70. The van der Waals surface area contributed by atoms with Crippen molar-refractivity contribution in [1.29, 1.82) is 0 Å². The normalized spacial score (nSPS) is 20.0. The van der Waals surface area contributed by atoms with Gasteiger partial charge in [0, 0.05) is 46.6 Å². The zero-order chi connectivity index (χ0) is 20.8. The Bertz CT molecular complexity index is 1130. The molecule has 1 atom stereocenters. The number of hydrogen-bond donors (Lipinski definition) is 1. The van der Waals surface area contributed by atoms with E-state index in [9.17, 15) is 8.42 Å². The Morgan fingerprint density at radius 1 is 1.14 bits per heavy atom. The van der Waals surface area contributed by atoms with Crippen LogP contribution in [0, 0.1) is 0 Å². The largest absolute Gasteiger partial charge is 0.354 e. The number of aromatic amines is 1. The van der Waals surface area contributed by atoms with E-state index < -0.39 is 10.0 Å². The summed E-state index contributed by atoms with van der Waals surface area (Å²) in [6.07, 6.45) is 5.81. The summed E-state index contributed by atoms with van der Waals surface area (Å²) in [4.78, 5) is 20.9. The van der Waals surface area contributed by atoms with E-state index in [2.05, 4.69) is 36.7 Å². The number of anilines is 2. The van der Waals surface area contributed by atoms with E-state index in [1.807, 2.05) is 19.3 Å². The zero-order valence-corrected chi connectivity index (χ0v) is 17.8. The van der Waals surface area contributed by atoms with Gasteiger partial charge in [0.1, 0.15) is 28.5 Å². The molecule has 4 heterocycles. The smallest absolute Gasteiger partial charge is 0.244 e. The van der Waals surface area contributed by atoms with E-state index in [1.54, 1.807) is 18.5 Å². The maximum absolute atomic E-state index is 12.3. The number of rotatable bonds is 5. The van der Waals surface area contributed by atoms with E-state index in [4.69, 9.17) is 0 Å². The van der Waals surface area contributed by atoms with E-state index in [-0.39, 0.29) is 10.4 Å². The number of H-pyrrole nitrogens is 1. The Morgan fingerprint density at radius 2 is 1.93 bits per heavy atom. The second-order valence-corrected chi connectivity index (χ2v) is 9.96. The molecule has 0 aromatic carbocycles. The molecule has 1 fully saturated rings. The highest BCUT2D eigenvalue weighted by Gasteiger charge is 2.39. The fourth-order valence-electron chi connectivity index (χ4n) is 3.72. The molecule has 10 heteroatoms. The van der Waals surface area contributed by atoms with Crippen molar-refractivity contribution in [3.8, 4) is 0 Å². The maximum Gasteiger partial charge on any atom is 0.244 e. The minimum Gasteiger partial charge on any atom is -0.354 e. The summed E-state index contributed by atoms with van der Waals surface area (Å²) in [5.41, 5.74) is 0.666. The van der Waals surface area contributed by atoms with Gasteiger partial charge in [-0.3, -0.25) is 0 Å². The molecule has 9 nitrogen and oxygen atoms in total. The Balaban J connectivity index is 1.56. The van der Waals surface area contributed by atoms with E-state index in [0.29, 0.717) is 0 Å². The van der Waals surface area contributed by atoms with Gasteiger partial charge < -0.3 is 14.8 Å². The van der Waals surface area contributed by atoms with Crippen molar-refractivity contribution in [2.75, 3.05) is 44.0 Å². The van der Waals surface area contributed by atoms with Gasteiger partial charge in [0.05, 0.1) is 10.9 Å². The molecule has 154 valence electrons. The van der Waals surface area contributed by atoms with Crippen molar-refractivity contribution in [3.05, 3.63) is 36.9 Å². The summed E-state index contributed by atoms with van der Waals surface area (Å²) in [6, 6.07) is 5.37. The third-order valence-corrected chi connectivity index (χ3v) is 7.54. The molecule has 0 saturated carbocycles. The van der Waals surface area contributed by atoms with Crippen LogP contribution in [0.1, 0.15) is 13.3 Å². The number of sulfonamides is 1. The molecule has 1 unspecified atom stereocenters. The van der Waals surface area contributed by atoms with Gasteiger partial charge in [-0.15, -0.1) is 0 Å².